The Morgan fingerprint density at radius 2 is 2.14 bits per heavy atom. The summed E-state index contributed by atoms with van der Waals surface area (Å²) in [5, 5.41) is 16.7. The Balaban J connectivity index is 2.05. The van der Waals surface area contributed by atoms with Crippen molar-refractivity contribution in [3.63, 3.8) is 0 Å². The average molecular weight is 306 g/mol. The van der Waals surface area contributed by atoms with E-state index in [0.717, 1.165) is 11.1 Å². The maximum Gasteiger partial charge on any atom is 0.316 e. The van der Waals surface area contributed by atoms with Gasteiger partial charge in [0.15, 0.2) is 0 Å². The number of carbonyl (C=O) groups is 1. The van der Waals surface area contributed by atoms with Crippen LogP contribution < -0.4 is 0 Å². The van der Waals surface area contributed by atoms with E-state index in [2.05, 4.69) is 10.2 Å². The van der Waals surface area contributed by atoms with E-state index in [4.69, 9.17) is 9.52 Å². The van der Waals surface area contributed by atoms with Gasteiger partial charge >= 0.3 is 5.97 Å². The zero-order chi connectivity index (χ0) is 15.4. The fourth-order valence-corrected chi connectivity index (χ4v) is 2.88. The molecule has 0 aliphatic heterocycles. The second kappa shape index (κ2) is 6.76. The molecule has 0 saturated carbocycles. The Hall–Kier alpha value is -1.82. The van der Waals surface area contributed by atoms with Gasteiger partial charge in [0, 0.05) is 5.56 Å². The second-order valence-electron chi connectivity index (χ2n) is 5.18. The van der Waals surface area contributed by atoms with E-state index >= 15 is 0 Å². The SMILES string of the molecule is Cc1cccc(-c2nnc(CSC(C(=O)O)C(C)C)o2)c1. The summed E-state index contributed by atoms with van der Waals surface area (Å²) in [7, 11) is 0. The zero-order valence-corrected chi connectivity index (χ0v) is 13.1. The molecule has 1 N–H and O–H groups in total. The van der Waals surface area contributed by atoms with E-state index in [9.17, 15) is 4.79 Å². The minimum atomic E-state index is -0.812. The minimum absolute atomic E-state index is 0.0478. The molecule has 1 unspecified atom stereocenters. The summed E-state index contributed by atoms with van der Waals surface area (Å²) in [5.74, 6) is 0.544. The highest BCUT2D eigenvalue weighted by molar-refractivity contribution is 7.99. The monoisotopic (exact) mass is 306 g/mol. The van der Waals surface area contributed by atoms with E-state index in [1.54, 1.807) is 0 Å². The maximum atomic E-state index is 11.1. The fraction of sp³-hybridized carbons (Fsp3) is 0.400. The first-order chi connectivity index (χ1) is 9.97. The molecule has 6 heteroatoms. The van der Waals surface area contributed by atoms with Crippen molar-refractivity contribution >= 4 is 17.7 Å². The second-order valence-corrected chi connectivity index (χ2v) is 6.31. The molecular formula is C15H18N2O3S. The molecule has 1 atom stereocenters. The van der Waals surface area contributed by atoms with Gasteiger partial charge in [0.25, 0.3) is 0 Å². The van der Waals surface area contributed by atoms with Crippen LogP contribution in [0.25, 0.3) is 11.5 Å². The van der Waals surface area contributed by atoms with Crippen LogP contribution in [0.4, 0.5) is 0 Å². The average Bonchev–Trinajstić information content (AvgIpc) is 2.87. The number of benzene rings is 1. The lowest BCUT2D eigenvalue weighted by molar-refractivity contribution is -0.137. The number of aromatic nitrogens is 2. The van der Waals surface area contributed by atoms with Crippen molar-refractivity contribution in [2.24, 2.45) is 5.92 Å². The highest BCUT2D eigenvalue weighted by atomic mass is 32.2. The largest absolute Gasteiger partial charge is 0.480 e. The number of nitrogens with zero attached hydrogens (tertiary/aromatic N) is 2. The summed E-state index contributed by atoms with van der Waals surface area (Å²) < 4.78 is 5.60. The summed E-state index contributed by atoms with van der Waals surface area (Å²) in [6, 6.07) is 7.81. The molecule has 0 amide bonds. The predicted octanol–water partition coefficient (Wildman–Crippen LogP) is 3.39. The number of carboxylic acid groups (broad SMARTS) is 1. The van der Waals surface area contributed by atoms with Gasteiger partial charge in [0.05, 0.1) is 5.75 Å². The Morgan fingerprint density at radius 3 is 2.76 bits per heavy atom. The number of carboxylic acids is 1. The van der Waals surface area contributed by atoms with Crippen molar-refractivity contribution in [2.45, 2.75) is 31.8 Å². The number of aliphatic carboxylic acids is 1. The molecule has 1 aromatic carbocycles. The summed E-state index contributed by atoms with van der Waals surface area (Å²) in [6.07, 6.45) is 0. The molecular weight excluding hydrogens is 288 g/mol. The summed E-state index contributed by atoms with van der Waals surface area (Å²) in [4.78, 5) is 11.1. The van der Waals surface area contributed by atoms with Gasteiger partial charge in [-0.15, -0.1) is 22.0 Å². The summed E-state index contributed by atoms with van der Waals surface area (Å²) >= 11 is 1.31. The third-order valence-corrected chi connectivity index (χ3v) is 4.49. The van der Waals surface area contributed by atoms with Crippen LogP contribution in [0, 0.1) is 12.8 Å². The van der Waals surface area contributed by atoms with Crippen LogP contribution in [-0.4, -0.2) is 26.5 Å². The molecule has 0 aliphatic carbocycles. The lowest BCUT2D eigenvalue weighted by Gasteiger charge is -2.13. The van der Waals surface area contributed by atoms with Gasteiger partial charge in [0.2, 0.25) is 11.8 Å². The Bertz CT molecular complexity index is 625. The van der Waals surface area contributed by atoms with Crippen molar-refractivity contribution in [2.75, 3.05) is 0 Å². The first-order valence-corrected chi connectivity index (χ1v) is 7.76. The third-order valence-electron chi connectivity index (χ3n) is 2.97. The quantitative estimate of drug-likeness (QED) is 0.881. The molecule has 1 aromatic heterocycles. The molecule has 1 heterocycles. The third kappa shape index (κ3) is 4.07. The van der Waals surface area contributed by atoms with Gasteiger partial charge in [-0.25, -0.2) is 0 Å². The van der Waals surface area contributed by atoms with Crippen molar-refractivity contribution in [3.05, 3.63) is 35.7 Å². The maximum absolute atomic E-state index is 11.1. The number of hydrogen-bond donors (Lipinski definition) is 1. The van der Waals surface area contributed by atoms with E-state index in [1.807, 2.05) is 45.0 Å². The zero-order valence-electron chi connectivity index (χ0n) is 12.2. The van der Waals surface area contributed by atoms with Gasteiger partial charge in [-0.05, 0) is 25.0 Å². The number of hydrogen-bond acceptors (Lipinski definition) is 5. The Labute approximate surface area is 127 Å². The number of rotatable bonds is 6. The topological polar surface area (TPSA) is 76.2 Å². The van der Waals surface area contributed by atoms with Crippen LogP contribution in [0.2, 0.25) is 0 Å². The normalized spacial score (nSPS) is 12.6. The van der Waals surface area contributed by atoms with Gasteiger partial charge in [-0.1, -0.05) is 31.5 Å². The molecule has 0 bridgehead atoms. The van der Waals surface area contributed by atoms with Crippen LogP contribution in [0.15, 0.2) is 28.7 Å². The molecule has 2 aromatic rings. The van der Waals surface area contributed by atoms with Crippen LogP contribution in [0.3, 0.4) is 0 Å². The van der Waals surface area contributed by atoms with Gasteiger partial charge in [-0.3, -0.25) is 4.79 Å². The Kier molecular flexibility index (Phi) is 5.01. The van der Waals surface area contributed by atoms with Crippen LogP contribution in [-0.2, 0) is 10.5 Å². The first-order valence-electron chi connectivity index (χ1n) is 6.71. The van der Waals surface area contributed by atoms with Crippen molar-refractivity contribution in [1.82, 2.24) is 10.2 Å². The lowest BCUT2D eigenvalue weighted by atomic mass is 10.1. The Morgan fingerprint density at radius 1 is 1.38 bits per heavy atom. The highest BCUT2D eigenvalue weighted by Gasteiger charge is 2.23. The van der Waals surface area contributed by atoms with Crippen molar-refractivity contribution in [3.8, 4) is 11.5 Å². The smallest absolute Gasteiger partial charge is 0.316 e. The lowest BCUT2D eigenvalue weighted by Crippen LogP contribution is -2.22. The van der Waals surface area contributed by atoms with Crippen molar-refractivity contribution < 1.29 is 14.3 Å². The van der Waals surface area contributed by atoms with Gasteiger partial charge < -0.3 is 9.52 Å². The van der Waals surface area contributed by atoms with Crippen molar-refractivity contribution in [1.29, 1.82) is 0 Å². The van der Waals surface area contributed by atoms with Crippen LogP contribution in [0.1, 0.15) is 25.3 Å². The minimum Gasteiger partial charge on any atom is -0.480 e. The highest BCUT2D eigenvalue weighted by Crippen LogP contribution is 2.25. The number of aryl methyl sites for hydroxylation is 1. The molecule has 5 nitrogen and oxygen atoms in total. The molecule has 112 valence electrons. The van der Waals surface area contributed by atoms with E-state index < -0.39 is 11.2 Å². The molecule has 0 saturated heterocycles. The van der Waals surface area contributed by atoms with Crippen LogP contribution >= 0.6 is 11.8 Å². The van der Waals surface area contributed by atoms with E-state index in [-0.39, 0.29) is 5.92 Å². The van der Waals surface area contributed by atoms with Gasteiger partial charge in [-0.2, -0.15) is 0 Å². The standard InChI is InChI=1S/C15H18N2O3S/c1-9(2)13(15(18)19)21-8-12-16-17-14(20-12)11-6-4-5-10(3)7-11/h4-7,9,13H,8H2,1-3H3,(H,18,19). The molecule has 2 rings (SSSR count). The van der Waals surface area contributed by atoms with E-state index in [1.165, 1.54) is 11.8 Å². The predicted molar refractivity (Wildman–Crippen MR) is 82.0 cm³/mol. The molecule has 21 heavy (non-hydrogen) atoms. The van der Waals surface area contributed by atoms with Gasteiger partial charge in [0.1, 0.15) is 5.25 Å². The van der Waals surface area contributed by atoms with Crippen LogP contribution in [0.5, 0.6) is 0 Å². The molecule has 0 radical (unpaired) electrons. The van der Waals surface area contributed by atoms with E-state index in [0.29, 0.717) is 17.5 Å². The molecule has 0 fully saturated rings. The summed E-state index contributed by atoms with van der Waals surface area (Å²) in [5.41, 5.74) is 1.99. The molecule has 0 aliphatic rings. The number of thioether (sulfide) groups is 1. The molecule has 0 spiro atoms. The first kappa shape index (κ1) is 15.6. The summed E-state index contributed by atoms with van der Waals surface area (Å²) in [6.45, 7) is 5.77. The fourth-order valence-electron chi connectivity index (χ4n) is 1.92.